The van der Waals surface area contributed by atoms with Gasteiger partial charge >= 0.3 is 0 Å². The largest absolute Gasteiger partial charge is 0.293 e. The average molecular weight is 268 g/mol. The highest BCUT2D eigenvalue weighted by Crippen LogP contribution is 2.09. The standard InChI is InChI=1S/C13H18BrN/c1-2-3-4-5-10-15-11-12-6-8-13(14)9-7-12/h6-9,11H,2-5,10H2,1H3. The van der Waals surface area contributed by atoms with Crippen molar-refractivity contribution in [2.24, 2.45) is 4.99 Å². The molecule has 0 aliphatic rings. The zero-order valence-electron chi connectivity index (χ0n) is 9.25. The first-order valence-electron chi connectivity index (χ1n) is 5.58. The van der Waals surface area contributed by atoms with Gasteiger partial charge in [-0.3, -0.25) is 4.99 Å². The first-order valence-corrected chi connectivity index (χ1v) is 6.37. The van der Waals surface area contributed by atoms with Gasteiger partial charge in [-0.15, -0.1) is 0 Å². The molecule has 15 heavy (non-hydrogen) atoms. The predicted octanol–water partition coefficient (Wildman–Crippen LogP) is 4.45. The minimum absolute atomic E-state index is 0.954. The van der Waals surface area contributed by atoms with Gasteiger partial charge in [0.2, 0.25) is 0 Å². The number of halogens is 1. The van der Waals surface area contributed by atoms with Crippen molar-refractivity contribution in [3.05, 3.63) is 34.3 Å². The van der Waals surface area contributed by atoms with Crippen LogP contribution in [-0.4, -0.2) is 12.8 Å². The summed E-state index contributed by atoms with van der Waals surface area (Å²) in [7, 11) is 0. The van der Waals surface area contributed by atoms with E-state index < -0.39 is 0 Å². The van der Waals surface area contributed by atoms with Gasteiger partial charge in [0.1, 0.15) is 0 Å². The van der Waals surface area contributed by atoms with Gasteiger partial charge in [-0.25, -0.2) is 0 Å². The Balaban J connectivity index is 2.23. The quantitative estimate of drug-likeness (QED) is 0.534. The lowest BCUT2D eigenvalue weighted by Crippen LogP contribution is -1.85. The summed E-state index contributed by atoms with van der Waals surface area (Å²) in [5, 5.41) is 0. The fraction of sp³-hybridized carbons (Fsp3) is 0.462. The van der Waals surface area contributed by atoms with Crippen LogP contribution in [0.4, 0.5) is 0 Å². The van der Waals surface area contributed by atoms with E-state index >= 15 is 0 Å². The van der Waals surface area contributed by atoms with Crippen molar-refractivity contribution >= 4 is 22.1 Å². The minimum Gasteiger partial charge on any atom is -0.293 e. The van der Waals surface area contributed by atoms with Crippen LogP contribution in [0, 0.1) is 0 Å². The summed E-state index contributed by atoms with van der Waals surface area (Å²) in [5.74, 6) is 0. The summed E-state index contributed by atoms with van der Waals surface area (Å²) in [4.78, 5) is 4.40. The molecule has 0 N–H and O–H groups in total. The summed E-state index contributed by atoms with van der Waals surface area (Å²) in [6.07, 6.45) is 7.08. The molecule has 0 bridgehead atoms. The number of nitrogens with zero attached hydrogens (tertiary/aromatic N) is 1. The van der Waals surface area contributed by atoms with E-state index in [9.17, 15) is 0 Å². The van der Waals surface area contributed by atoms with Gasteiger partial charge < -0.3 is 0 Å². The fourth-order valence-electron chi connectivity index (χ4n) is 1.35. The SMILES string of the molecule is CCCCCCN=Cc1ccc(Br)cc1. The molecular weight excluding hydrogens is 250 g/mol. The summed E-state index contributed by atoms with van der Waals surface area (Å²) in [6, 6.07) is 8.22. The average Bonchev–Trinajstić information content (AvgIpc) is 2.26. The second-order valence-corrected chi connectivity index (χ2v) is 4.56. The molecule has 1 nitrogen and oxygen atoms in total. The van der Waals surface area contributed by atoms with Crippen LogP contribution in [0.2, 0.25) is 0 Å². The second-order valence-electron chi connectivity index (χ2n) is 3.65. The maximum atomic E-state index is 4.40. The normalized spacial score (nSPS) is 11.1. The van der Waals surface area contributed by atoms with Crippen LogP contribution < -0.4 is 0 Å². The molecule has 2 heteroatoms. The zero-order chi connectivity index (χ0) is 10.9. The molecule has 0 aliphatic carbocycles. The second kappa shape index (κ2) is 7.63. The highest BCUT2D eigenvalue weighted by Gasteiger charge is 1.88. The Morgan fingerprint density at radius 2 is 1.87 bits per heavy atom. The highest BCUT2D eigenvalue weighted by molar-refractivity contribution is 9.10. The topological polar surface area (TPSA) is 12.4 Å². The van der Waals surface area contributed by atoms with E-state index in [0.29, 0.717) is 0 Å². The van der Waals surface area contributed by atoms with E-state index in [1.165, 1.54) is 31.2 Å². The van der Waals surface area contributed by atoms with Gasteiger partial charge in [0.15, 0.2) is 0 Å². The van der Waals surface area contributed by atoms with Crippen LogP contribution >= 0.6 is 15.9 Å². The highest BCUT2D eigenvalue weighted by atomic mass is 79.9. The van der Waals surface area contributed by atoms with Crippen molar-refractivity contribution in [3.8, 4) is 0 Å². The number of aliphatic imine (C=N–C) groups is 1. The van der Waals surface area contributed by atoms with Crippen LogP contribution in [0.15, 0.2) is 33.7 Å². The number of benzene rings is 1. The number of hydrogen-bond acceptors (Lipinski definition) is 1. The van der Waals surface area contributed by atoms with Crippen molar-refractivity contribution in [1.29, 1.82) is 0 Å². The molecule has 1 rings (SSSR count). The maximum absolute atomic E-state index is 4.40. The van der Waals surface area contributed by atoms with Crippen LogP contribution in [0.25, 0.3) is 0 Å². The van der Waals surface area contributed by atoms with Gasteiger partial charge in [0.05, 0.1) is 0 Å². The Bertz CT molecular complexity index is 290. The summed E-state index contributed by atoms with van der Waals surface area (Å²) in [5.41, 5.74) is 1.17. The Morgan fingerprint density at radius 3 is 2.53 bits per heavy atom. The first kappa shape index (κ1) is 12.4. The van der Waals surface area contributed by atoms with Gasteiger partial charge in [0.25, 0.3) is 0 Å². The Labute approximate surface area is 101 Å². The number of rotatable bonds is 6. The van der Waals surface area contributed by atoms with Crippen molar-refractivity contribution < 1.29 is 0 Å². The molecular formula is C13H18BrN. The minimum atomic E-state index is 0.954. The molecule has 0 heterocycles. The molecule has 0 spiro atoms. The van der Waals surface area contributed by atoms with Gasteiger partial charge in [-0.1, -0.05) is 54.2 Å². The first-order chi connectivity index (χ1) is 7.33. The summed E-state index contributed by atoms with van der Waals surface area (Å²) >= 11 is 3.41. The van der Waals surface area contributed by atoms with Crippen molar-refractivity contribution in [1.82, 2.24) is 0 Å². The molecule has 0 unspecified atom stereocenters. The van der Waals surface area contributed by atoms with Crippen molar-refractivity contribution in [2.75, 3.05) is 6.54 Å². The van der Waals surface area contributed by atoms with Crippen LogP contribution in [-0.2, 0) is 0 Å². The van der Waals surface area contributed by atoms with Crippen LogP contribution in [0.3, 0.4) is 0 Å². The van der Waals surface area contributed by atoms with Crippen LogP contribution in [0.1, 0.15) is 38.2 Å². The van der Waals surface area contributed by atoms with Crippen molar-refractivity contribution in [2.45, 2.75) is 32.6 Å². The molecule has 0 saturated heterocycles. The maximum Gasteiger partial charge on any atom is 0.0389 e. The van der Waals surface area contributed by atoms with E-state index in [4.69, 9.17) is 0 Å². The molecule has 0 atom stereocenters. The molecule has 0 aliphatic heterocycles. The fourth-order valence-corrected chi connectivity index (χ4v) is 1.61. The van der Waals surface area contributed by atoms with Crippen molar-refractivity contribution in [3.63, 3.8) is 0 Å². The number of hydrogen-bond donors (Lipinski definition) is 0. The summed E-state index contributed by atoms with van der Waals surface area (Å²) in [6.45, 7) is 3.18. The molecule has 0 saturated carbocycles. The van der Waals surface area contributed by atoms with E-state index in [1.54, 1.807) is 0 Å². The van der Waals surface area contributed by atoms with E-state index in [1.807, 2.05) is 18.3 Å². The molecule has 0 amide bonds. The molecule has 0 aromatic heterocycles. The van der Waals surface area contributed by atoms with E-state index in [-0.39, 0.29) is 0 Å². The predicted molar refractivity (Wildman–Crippen MR) is 70.7 cm³/mol. The monoisotopic (exact) mass is 267 g/mol. The molecule has 0 fully saturated rings. The third-order valence-corrected chi connectivity index (χ3v) is 2.78. The Hall–Kier alpha value is -0.630. The lowest BCUT2D eigenvalue weighted by atomic mass is 10.2. The Morgan fingerprint density at radius 1 is 1.13 bits per heavy atom. The Kier molecular flexibility index (Phi) is 6.33. The lowest BCUT2D eigenvalue weighted by molar-refractivity contribution is 0.676. The van der Waals surface area contributed by atoms with Gasteiger partial charge in [0, 0.05) is 17.2 Å². The lowest BCUT2D eigenvalue weighted by Gasteiger charge is -1.95. The number of unbranched alkanes of at least 4 members (excludes halogenated alkanes) is 3. The van der Waals surface area contributed by atoms with Gasteiger partial charge in [-0.05, 0) is 24.1 Å². The third-order valence-electron chi connectivity index (χ3n) is 2.25. The molecule has 82 valence electrons. The zero-order valence-corrected chi connectivity index (χ0v) is 10.8. The molecule has 1 aromatic rings. The molecule has 1 aromatic carbocycles. The van der Waals surface area contributed by atoms with E-state index in [2.05, 4.69) is 40.0 Å². The van der Waals surface area contributed by atoms with E-state index in [0.717, 1.165) is 11.0 Å². The van der Waals surface area contributed by atoms with Gasteiger partial charge in [-0.2, -0.15) is 0 Å². The van der Waals surface area contributed by atoms with Crippen LogP contribution in [0.5, 0.6) is 0 Å². The molecule has 0 radical (unpaired) electrons. The third kappa shape index (κ3) is 5.73. The summed E-state index contributed by atoms with van der Waals surface area (Å²) < 4.78 is 1.11. The smallest absolute Gasteiger partial charge is 0.0389 e.